The van der Waals surface area contributed by atoms with Crippen LogP contribution in [0.15, 0.2) is 36.4 Å². The molecule has 1 spiro atoms. The third kappa shape index (κ3) is 3.74. The molecule has 2 aliphatic heterocycles. The first-order valence-corrected chi connectivity index (χ1v) is 13.2. The third-order valence-corrected chi connectivity index (χ3v) is 9.29. The van der Waals surface area contributed by atoms with Crippen LogP contribution in [0.3, 0.4) is 0 Å². The van der Waals surface area contributed by atoms with Crippen molar-refractivity contribution < 1.29 is 27.0 Å². The van der Waals surface area contributed by atoms with Crippen LogP contribution in [0, 0.1) is 11.6 Å². The third-order valence-electron chi connectivity index (χ3n) is 7.52. The number of benzene rings is 2. The summed E-state index contributed by atoms with van der Waals surface area (Å²) in [7, 11) is 0.124. The molecule has 35 heavy (non-hydrogen) atoms. The number of aliphatic hydroxyl groups excluding tert-OH is 1. The number of aliphatic hydroxyl groups is 1. The maximum atomic E-state index is 14.6. The highest BCUT2D eigenvalue weighted by atomic mass is 32.2. The van der Waals surface area contributed by atoms with Crippen LogP contribution >= 0.6 is 0 Å². The minimum Gasteiger partial charge on any atom is -0.497 e. The molecule has 188 valence electrons. The highest BCUT2D eigenvalue weighted by molar-refractivity contribution is 7.89. The molecule has 0 radical (unpaired) electrons. The van der Waals surface area contributed by atoms with Crippen molar-refractivity contribution in [2.45, 2.75) is 24.9 Å². The zero-order chi connectivity index (χ0) is 25.1. The van der Waals surface area contributed by atoms with E-state index >= 15 is 0 Å². The fraction of sp³-hybridized carbons (Fsp3) is 0.440. The fourth-order valence-electron chi connectivity index (χ4n) is 5.78. The van der Waals surface area contributed by atoms with Crippen LogP contribution in [0.25, 0.3) is 10.9 Å². The summed E-state index contributed by atoms with van der Waals surface area (Å²) >= 11 is 0. The van der Waals surface area contributed by atoms with Crippen molar-refractivity contribution in [1.29, 1.82) is 0 Å². The van der Waals surface area contributed by atoms with Crippen LogP contribution < -0.4 is 4.74 Å². The van der Waals surface area contributed by atoms with Gasteiger partial charge in [-0.3, -0.25) is 4.90 Å². The minimum atomic E-state index is -3.38. The van der Waals surface area contributed by atoms with Crippen molar-refractivity contribution in [3.63, 3.8) is 0 Å². The molecular formula is C25H29F2N3O4S. The molecule has 10 heteroatoms. The molecule has 0 saturated carbocycles. The van der Waals surface area contributed by atoms with Crippen molar-refractivity contribution in [3.05, 3.63) is 64.9 Å². The summed E-state index contributed by atoms with van der Waals surface area (Å²) in [5.41, 5.74) is 2.42. The second-order valence-electron chi connectivity index (χ2n) is 9.49. The Morgan fingerprint density at radius 2 is 1.89 bits per heavy atom. The summed E-state index contributed by atoms with van der Waals surface area (Å²) in [6, 6.07) is 8.65. The number of hydrogen-bond donors (Lipinski definition) is 1. The average molecular weight is 506 g/mol. The molecule has 3 heterocycles. The molecule has 7 nitrogen and oxygen atoms in total. The lowest BCUT2D eigenvalue weighted by Gasteiger charge is -2.55. The lowest BCUT2D eigenvalue weighted by molar-refractivity contribution is 0.0236. The number of aryl methyl sites for hydroxylation is 1. The first kappa shape index (κ1) is 24.2. The molecule has 0 aliphatic carbocycles. The van der Waals surface area contributed by atoms with Crippen molar-refractivity contribution in [2.75, 3.05) is 39.1 Å². The standard InChI is InChI=1S/C25H29F2N3O4S/c1-4-35(32,33)30-14-25(15-30)13-29(11-16-9-17(26)5-8-20(16)27)22(12-31)24-23(25)19-7-6-18(34-3)10-21(19)28(24)2/h5-10,22,31H,4,11-15H2,1-3H3/t22-/m1/s1. The van der Waals surface area contributed by atoms with Gasteiger partial charge in [-0.15, -0.1) is 0 Å². The van der Waals surface area contributed by atoms with E-state index in [9.17, 15) is 22.3 Å². The molecule has 0 amide bonds. The quantitative estimate of drug-likeness (QED) is 0.558. The highest BCUT2D eigenvalue weighted by Gasteiger charge is 2.55. The van der Waals surface area contributed by atoms with Gasteiger partial charge in [0.15, 0.2) is 0 Å². The summed E-state index contributed by atoms with van der Waals surface area (Å²) in [6.07, 6.45) is 0. The van der Waals surface area contributed by atoms with Gasteiger partial charge in [-0.25, -0.2) is 17.2 Å². The highest BCUT2D eigenvalue weighted by Crippen LogP contribution is 2.50. The molecule has 1 aromatic heterocycles. The Bertz CT molecular complexity index is 1400. The molecule has 1 N–H and O–H groups in total. The molecule has 3 aromatic rings. The Balaban J connectivity index is 1.67. The molecule has 1 atom stereocenters. The van der Waals surface area contributed by atoms with E-state index in [2.05, 4.69) is 0 Å². The zero-order valence-corrected chi connectivity index (χ0v) is 20.8. The monoisotopic (exact) mass is 505 g/mol. The van der Waals surface area contributed by atoms with Crippen molar-refractivity contribution in [3.8, 4) is 5.75 Å². The van der Waals surface area contributed by atoms with E-state index in [1.807, 2.05) is 34.7 Å². The van der Waals surface area contributed by atoms with Crippen LogP contribution in [0.1, 0.15) is 29.8 Å². The predicted molar refractivity (Wildman–Crippen MR) is 129 cm³/mol. The van der Waals surface area contributed by atoms with E-state index < -0.39 is 33.1 Å². The van der Waals surface area contributed by atoms with Crippen LogP contribution in [-0.4, -0.2) is 66.4 Å². The lowest BCUT2D eigenvalue weighted by atomic mass is 9.70. The van der Waals surface area contributed by atoms with E-state index in [1.165, 1.54) is 10.4 Å². The van der Waals surface area contributed by atoms with Crippen molar-refractivity contribution in [2.24, 2.45) is 7.05 Å². The van der Waals surface area contributed by atoms with Gasteiger partial charge < -0.3 is 14.4 Å². The summed E-state index contributed by atoms with van der Waals surface area (Å²) in [5, 5.41) is 11.5. The molecule has 0 bridgehead atoms. The predicted octanol–water partition coefficient (Wildman–Crippen LogP) is 2.92. The number of halogens is 2. The minimum absolute atomic E-state index is 0.0140. The largest absolute Gasteiger partial charge is 0.497 e. The second-order valence-corrected chi connectivity index (χ2v) is 11.7. The molecular weight excluding hydrogens is 476 g/mol. The number of nitrogens with zero attached hydrogens (tertiary/aromatic N) is 3. The number of sulfonamides is 1. The maximum Gasteiger partial charge on any atom is 0.213 e. The Kier molecular flexibility index (Phi) is 5.90. The summed E-state index contributed by atoms with van der Waals surface area (Å²) in [5.74, 6) is -0.351. The number of ether oxygens (including phenoxy) is 1. The smallest absolute Gasteiger partial charge is 0.213 e. The number of aromatic nitrogens is 1. The van der Waals surface area contributed by atoms with Gasteiger partial charge in [-0.1, -0.05) is 0 Å². The first-order valence-electron chi connectivity index (χ1n) is 11.6. The van der Waals surface area contributed by atoms with E-state index in [0.717, 1.165) is 34.3 Å². The fourth-order valence-corrected chi connectivity index (χ4v) is 7.03. The Hall–Kier alpha value is -2.53. The topological polar surface area (TPSA) is 75.0 Å². The van der Waals surface area contributed by atoms with Gasteiger partial charge in [-0.2, -0.15) is 4.31 Å². The lowest BCUT2D eigenvalue weighted by Crippen LogP contribution is -2.67. The number of fused-ring (bicyclic) bond motifs is 4. The molecule has 2 aliphatic rings. The van der Waals surface area contributed by atoms with Gasteiger partial charge in [0.25, 0.3) is 0 Å². The van der Waals surface area contributed by atoms with Gasteiger partial charge in [0.1, 0.15) is 17.4 Å². The van der Waals surface area contributed by atoms with E-state index in [4.69, 9.17) is 4.74 Å². The van der Waals surface area contributed by atoms with Gasteiger partial charge in [0.2, 0.25) is 10.0 Å². The molecule has 1 saturated heterocycles. The van der Waals surface area contributed by atoms with Crippen LogP contribution in [-0.2, 0) is 29.0 Å². The molecule has 2 aromatic carbocycles. The summed E-state index contributed by atoms with van der Waals surface area (Å²) < 4.78 is 62.6. The summed E-state index contributed by atoms with van der Waals surface area (Å²) in [6.45, 7) is 2.47. The first-order chi connectivity index (χ1) is 16.6. The van der Waals surface area contributed by atoms with Gasteiger partial charge >= 0.3 is 0 Å². The maximum absolute atomic E-state index is 14.6. The average Bonchev–Trinajstić information content (AvgIpc) is 3.11. The van der Waals surface area contributed by atoms with Gasteiger partial charge in [0, 0.05) is 61.4 Å². The number of methoxy groups -OCH3 is 1. The van der Waals surface area contributed by atoms with E-state index in [-0.39, 0.29) is 24.5 Å². The van der Waals surface area contributed by atoms with Gasteiger partial charge in [0.05, 0.1) is 31.0 Å². The van der Waals surface area contributed by atoms with E-state index in [0.29, 0.717) is 25.4 Å². The Morgan fingerprint density at radius 1 is 1.14 bits per heavy atom. The van der Waals surface area contributed by atoms with Crippen LogP contribution in [0.2, 0.25) is 0 Å². The normalized spacial score (nSPS) is 20.2. The van der Waals surface area contributed by atoms with E-state index in [1.54, 1.807) is 14.0 Å². The zero-order valence-electron chi connectivity index (χ0n) is 20.0. The number of rotatable bonds is 6. The molecule has 1 fully saturated rings. The Morgan fingerprint density at radius 3 is 2.54 bits per heavy atom. The second kappa shape index (κ2) is 8.55. The van der Waals surface area contributed by atoms with Crippen molar-refractivity contribution >= 4 is 20.9 Å². The SMILES string of the molecule is CCS(=O)(=O)N1CC2(CN(Cc3cc(F)ccc3F)[C@H](CO)c3c2c2ccc(OC)cc2n3C)C1. The van der Waals surface area contributed by atoms with Crippen LogP contribution in [0.5, 0.6) is 5.75 Å². The molecule has 5 rings (SSSR count). The molecule has 0 unspecified atom stereocenters. The number of hydrogen-bond acceptors (Lipinski definition) is 5. The Labute approximate surface area is 203 Å². The summed E-state index contributed by atoms with van der Waals surface area (Å²) in [4.78, 5) is 1.94. The van der Waals surface area contributed by atoms with Crippen molar-refractivity contribution in [1.82, 2.24) is 13.8 Å². The van der Waals surface area contributed by atoms with Gasteiger partial charge in [-0.05, 0) is 42.8 Å². The van der Waals surface area contributed by atoms with Crippen LogP contribution in [0.4, 0.5) is 8.78 Å².